The van der Waals surface area contributed by atoms with Gasteiger partial charge in [-0.05, 0) is 25.1 Å². The third-order valence-corrected chi connectivity index (χ3v) is 5.68. The van der Waals surface area contributed by atoms with Crippen LogP contribution in [0, 0.1) is 0 Å². The third kappa shape index (κ3) is 4.18. The highest BCUT2D eigenvalue weighted by molar-refractivity contribution is 7.89. The van der Waals surface area contributed by atoms with Crippen molar-refractivity contribution < 1.29 is 31.1 Å². The summed E-state index contributed by atoms with van der Waals surface area (Å²) in [6.07, 6.45) is -2.42. The van der Waals surface area contributed by atoms with Crippen LogP contribution in [0.3, 0.4) is 0 Å². The minimum absolute atomic E-state index is 0.0606. The number of pyridine rings is 1. The van der Waals surface area contributed by atoms with Gasteiger partial charge in [0.1, 0.15) is 16.4 Å². The van der Waals surface area contributed by atoms with Crippen molar-refractivity contribution in [2.24, 2.45) is 7.05 Å². The highest BCUT2D eigenvalue weighted by atomic mass is 32.2. The van der Waals surface area contributed by atoms with Gasteiger partial charge in [-0.25, -0.2) is 18.1 Å². The number of nitrogens with zero attached hydrogens (tertiary/aromatic N) is 2. The van der Waals surface area contributed by atoms with E-state index in [1.54, 1.807) is 6.92 Å². The van der Waals surface area contributed by atoms with Crippen molar-refractivity contribution in [1.82, 2.24) is 14.3 Å². The van der Waals surface area contributed by atoms with Crippen LogP contribution in [0.5, 0.6) is 0 Å². The molecule has 152 valence electrons. The van der Waals surface area contributed by atoms with Crippen LogP contribution in [-0.4, -0.2) is 42.6 Å². The van der Waals surface area contributed by atoms with Gasteiger partial charge in [-0.15, -0.1) is 0 Å². The Morgan fingerprint density at radius 1 is 1.32 bits per heavy atom. The lowest BCUT2D eigenvalue weighted by atomic mass is 10.0. The van der Waals surface area contributed by atoms with Crippen LogP contribution in [0.2, 0.25) is 0 Å². The number of aryl methyl sites for hydroxylation is 1. The van der Waals surface area contributed by atoms with Gasteiger partial charge in [-0.2, -0.15) is 13.2 Å². The Hall–Kier alpha value is -2.44. The van der Waals surface area contributed by atoms with Gasteiger partial charge in [0.25, 0.3) is 5.91 Å². The molecule has 0 unspecified atom stereocenters. The summed E-state index contributed by atoms with van der Waals surface area (Å²) in [7, 11) is -2.46. The molecule has 2 aromatic rings. The highest BCUT2D eigenvalue weighted by Crippen LogP contribution is 2.30. The second kappa shape index (κ2) is 6.87. The van der Waals surface area contributed by atoms with E-state index in [1.165, 1.54) is 17.8 Å². The monoisotopic (exact) mass is 418 g/mol. The van der Waals surface area contributed by atoms with Crippen molar-refractivity contribution in [2.45, 2.75) is 23.5 Å². The fourth-order valence-corrected chi connectivity index (χ4v) is 4.06. The van der Waals surface area contributed by atoms with E-state index in [2.05, 4.69) is 15.0 Å². The van der Waals surface area contributed by atoms with Crippen LogP contribution in [0.1, 0.15) is 23.0 Å². The number of rotatable bonds is 5. The maximum Gasteiger partial charge on any atom is 0.416 e. The van der Waals surface area contributed by atoms with Gasteiger partial charge >= 0.3 is 6.18 Å². The molecular weight excluding hydrogens is 401 g/mol. The molecule has 3 heterocycles. The molecule has 1 amide bonds. The molecule has 0 aliphatic carbocycles. The van der Waals surface area contributed by atoms with E-state index in [0.717, 1.165) is 18.3 Å². The lowest BCUT2D eigenvalue weighted by Gasteiger charge is -2.38. The number of alkyl halides is 3. The molecule has 1 saturated heterocycles. The van der Waals surface area contributed by atoms with Crippen molar-refractivity contribution in [1.29, 1.82) is 0 Å². The van der Waals surface area contributed by atoms with Crippen molar-refractivity contribution in [3.63, 3.8) is 0 Å². The van der Waals surface area contributed by atoms with Crippen LogP contribution in [-0.2, 0) is 28.0 Å². The van der Waals surface area contributed by atoms with E-state index in [1.807, 2.05) is 0 Å². The number of hydrogen-bond acceptors (Lipinski definition) is 5. The van der Waals surface area contributed by atoms with E-state index in [9.17, 15) is 26.4 Å². The zero-order chi connectivity index (χ0) is 20.7. The summed E-state index contributed by atoms with van der Waals surface area (Å²) in [6, 6.07) is 2.60. The first kappa shape index (κ1) is 20.3. The van der Waals surface area contributed by atoms with E-state index in [-0.39, 0.29) is 29.6 Å². The molecule has 0 bridgehead atoms. The lowest BCUT2D eigenvalue weighted by molar-refractivity contribution is -0.137. The van der Waals surface area contributed by atoms with Crippen LogP contribution in [0.15, 0.2) is 35.5 Å². The molecule has 0 atom stereocenters. The van der Waals surface area contributed by atoms with Gasteiger partial charge in [-0.1, -0.05) is 0 Å². The first-order chi connectivity index (χ1) is 12.9. The van der Waals surface area contributed by atoms with Crippen LogP contribution < -0.4 is 10.0 Å². The van der Waals surface area contributed by atoms with Crippen molar-refractivity contribution >= 4 is 21.7 Å². The van der Waals surface area contributed by atoms with Gasteiger partial charge in [0, 0.05) is 19.4 Å². The molecule has 0 radical (unpaired) electrons. The predicted molar refractivity (Wildman–Crippen MR) is 92.2 cm³/mol. The fraction of sp³-hybridized carbons (Fsp3) is 0.375. The average molecular weight is 418 g/mol. The summed E-state index contributed by atoms with van der Waals surface area (Å²) in [5, 5.41) is 2.24. The van der Waals surface area contributed by atoms with Crippen molar-refractivity contribution in [3.05, 3.63) is 41.9 Å². The summed E-state index contributed by atoms with van der Waals surface area (Å²) >= 11 is 0. The minimum atomic E-state index is -4.58. The number of sulfonamides is 1. The number of carbonyl (C=O) groups is 1. The number of halogens is 3. The topological polar surface area (TPSA) is 102 Å². The number of ether oxygens (including phenoxy) is 1. The molecule has 28 heavy (non-hydrogen) atoms. The van der Waals surface area contributed by atoms with Crippen LogP contribution >= 0.6 is 0 Å². The Bertz CT molecular complexity index is 1010. The molecule has 0 spiro atoms. The third-order valence-electron chi connectivity index (χ3n) is 4.07. The molecule has 2 aromatic heterocycles. The first-order valence-electron chi connectivity index (χ1n) is 8.02. The molecule has 1 aliphatic heterocycles. The summed E-state index contributed by atoms with van der Waals surface area (Å²) < 4.78 is 72.1. The average Bonchev–Trinajstić information content (AvgIpc) is 2.95. The number of amides is 1. The molecule has 1 aliphatic rings. The number of anilines is 1. The highest BCUT2D eigenvalue weighted by Gasteiger charge is 2.38. The summed E-state index contributed by atoms with van der Waals surface area (Å²) in [5.74, 6) is -1.10. The molecule has 3 rings (SSSR count). The molecule has 2 N–H and O–H groups in total. The molecule has 8 nitrogen and oxygen atoms in total. The zero-order valence-electron chi connectivity index (χ0n) is 14.9. The first-order valence-corrected chi connectivity index (χ1v) is 9.51. The van der Waals surface area contributed by atoms with Gasteiger partial charge in [0.05, 0.1) is 24.3 Å². The Balaban J connectivity index is 1.80. The second-order valence-corrected chi connectivity index (χ2v) is 8.39. The van der Waals surface area contributed by atoms with E-state index >= 15 is 0 Å². The minimum Gasteiger partial charge on any atom is -0.377 e. The molecule has 1 fully saturated rings. The number of nitrogens with one attached hydrogen (secondary N) is 2. The van der Waals surface area contributed by atoms with Gasteiger partial charge < -0.3 is 14.6 Å². The largest absolute Gasteiger partial charge is 0.416 e. The van der Waals surface area contributed by atoms with Crippen LogP contribution in [0.4, 0.5) is 19.0 Å². The van der Waals surface area contributed by atoms with E-state index in [0.29, 0.717) is 6.07 Å². The summed E-state index contributed by atoms with van der Waals surface area (Å²) in [5.41, 5.74) is -1.75. The smallest absolute Gasteiger partial charge is 0.377 e. The Kier molecular flexibility index (Phi) is 4.98. The van der Waals surface area contributed by atoms with E-state index in [4.69, 9.17) is 4.74 Å². The van der Waals surface area contributed by atoms with Gasteiger partial charge in [0.15, 0.2) is 0 Å². The lowest BCUT2D eigenvalue weighted by Crippen LogP contribution is -2.59. The maximum atomic E-state index is 12.8. The van der Waals surface area contributed by atoms with Crippen molar-refractivity contribution in [2.75, 3.05) is 18.5 Å². The normalized spacial score (nSPS) is 16.5. The fourth-order valence-electron chi connectivity index (χ4n) is 2.61. The van der Waals surface area contributed by atoms with Crippen LogP contribution in [0.25, 0.3) is 0 Å². The Morgan fingerprint density at radius 3 is 2.57 bits per heavy atom. The van der Waals surface area contributed by atoms with Gasteiger partial charge in [-0.3, -0.25) is 4.79 Å². The van der Waals surface area contributed by atoms with Crippen molar-refractivity contribution in [3.8, 4) is 0 Å². The number of carbonyl (C=O) groups excluding carboxylic acids is 1. The molecule has 0 aromatic carbocycles. The zero-order valence-corrected chi connectivity index (χ0v) is 15.7. The second-order valence-electron chi connectivity index (χ2n) is 6.71. The number of hydrogen-bond donors (Lipinski definition) is 2. The standard InChI is InChI=1S/C16H17F3N4O4S/c1-15(8-27-9-15)22-28(25,26)11-6-12(23(2)7-11)14(24)21-13-5-10(3-4-20-13)16(17,18)19/h3-7,22H,8-9H2,1-2H3,(H,20,21,24). The summed E-state index contributed by atoms with van der Waals surface area (Å²) in [6.45, 7) is 2.14. The summed E-state index contributed by atoms with van der Waals surface area (Å²) in [4.78, 5) is 15.9. The molecular formula is C16H17F3N4O4S. The van der Waals surface area contributed by atoms with Gasteiger partial charge in [0.2, 0.25) is 10.0 Å². The molecule has 0 saturated carbocycles. The Labute approximate surface area is 158 Å². The number of aromatic nitrogens is 2. The maximum absolute atomic E-state index is 12.8. The predicted octanol–water partition coefficient (Wildman–Crippen LogP) is 1.76. The van der Waals surface area contributed by atoms with E-state index < -0.39 is 33.2 Å². The molecule has 12 heteroatoms. The SMILES string of the molecule is Cn1cc(S(=O)(=O)NC2(C)COC2)cc1C(=O)Nc1cc(C(F)(F)F)ccn1. The Morgan fingerprint density at radius 2 is 2.00 bits per heavy atom. The quantitative estimate of drug-likeness (QED) is 0.771.